The molecule has 0 aliphatic rings. The number of aryl methyl sites for hydroxylation is 1. The van der Waals surface area contributed by atoms with Crippen LogP contribution in [-0.4, -0.2) is 24.2 Å². The van der Waals surface area contributed by atoms with Crippen molar-refractivity contribution >= 4 is 16.9 Å². The Morgan fingerprint density at radius 1 is 1.13 bits per heavy atom. The minimum atomic E-state index is -4.41. The lowest BCUT2D eigenvalue weighted by Gasteiger charge is -2.18. The number of hydrogen-bond donors (Lipinski definition) is 2. The van der Waals surface area contributed by atoms with Crippen LogP contribution in [0.1, 0.15) is 59.3 Å². The van der Waals surface area contributed by atoms with Crippen molar-refractivity contribution in [2.24, 2.45) is 0 Å². The van der Waals surface area contributed by atoms with Gasteiger partial charge in [0.05, 0.1) is 11.1 Å². The molecular weight excluding hydrogens is 407 g/mol. The minimum Gasteiger partial charge on any atom is -0.460 e. The molecule has 0 fully saturated rings. The standard InChI is InChI=1S/C24H26F3NO3/c1-2-3-7-21-22(19-6-4-5-8-20(19)31-21)23(30)28-15-17(13-14-29)16-9-11-18(12-10-16)24(25,26)27/h4-6,8-12,17,29H,2-3,7,13-15H2,1H3,(H,28,30). The Kier molecular flexibility index (Phi) is 7.38. The molecule has 1 aromatic heterocycles. The predicted octanol–water partition coefficient (Wildman–Crippen LogP) is 5.69. The van der Waals surface area contributed by atoms with Crippen molar-refractivity contribution in [1.29, 1.82) is 0 Å². The predicted molar refractivity (Wildman–Crippen MR) is 113 cm³/mol. The maximum absolute atomic E-state index is 13.0. The first-order chi connectivity index (χ1) is 14.8. The van der Waals surface area contributed by atoms with Crippen LogP contribution in [0.4, 0.5) is 13.2 Å². The summed E-state index contributed by atoms with van der Waals surface area (Å²) in [5, 5.41) is 13.0. The van der Waals surface area contributed by atoms with E-state index in [9.17, 15) is 23.1 Å². The number of fused-ring (bicyclic) bond motifs is 1. The van der Waals surface area contributed by atoms with Gasteiger partial charge >= 0.3 is 6.18 Å². The summed E-state index contributed by atoms with van der Waals surface area (Å²) in [5.41, 5.74) is 1.05. The summed E-state index contributed by atoms with van der Waals surface area (Å²) in [7, 11) is 0. The molecule has 7 heteroatoms. The molecule has 31 heavy (non-hydrogen) atoms. The minimum absolute atomic E-state index is 0.141. The van der Waals surface area contributed by atoms with Crippen LogP contribution in [0.2, 0.25) is 0 Å². The monoisotopic (exact) mass is 433 g/mol. The van der Waals surface area contributed by atoms with E-state index in [4.69, 9.17) is 4.42 Å². The number of rotatable bonds is 9. The summed E-state index contributed by atoms with van der Waals surface area (Å²) >= 11 is 0. The van der Waals surface area contributed by atoms with E-state index >= 15 is 0 Å². The van der Waals surface area contributed by atoms with Crippen molar-refractivity contribution in [3.8, 4) is 0 Å². The van der Waals surface area contributed by atoms with E-state index in [1.165, 1.54) is 12.1 Å². The van der Waals surface area contributed by atoms with Gasteiger partial charge in [0.2, 0.25) is 0 Å². The molecule has 4 nitrogen and oxygen atoms in total. The van der Waals surface area contributed by atoms with E-state index in [-0.39, 0.29) is 25.0 Å². The first-order valence-electron chi connectivity index (χ1n) is 10.4. The van der Waals surface area contributed by atoms with Gasteiger partial charge < -0.3 is 14.8 Å². The third-order valence-electron chi connectivity index (χ3n) is 5.35. The van der Waals surface area contributed by atoms with Crippen LogP contribution in [0.25, 0.3) is 11.0 Å². The summed E-state index contributed by atoms with van der Waals surface area (Å²) in [6.45, 7) is 2.11. The van der Waals surface area contributed by atoms with Gasteiger partial charge in [0, 0.05) is 30.9 Å². The van der Waals surface area contributed by atoms with Gasteiger partial charge in [0.1, 0.15) is 11.3 Å². The third-order valence-corrected chi connectivity index (χ3v) is 5.35. The fraction of sp³-hybridized carbons (Fsp3) is 0.375. The zero-order valence-electron chi connectivity index (χ0n) is 17.3. The fourth-order valence-corrected chi connectivity index (χ4v) is 3.65. The number of amides is 1. The van der Waals surface area contributed by atoms with Crippen molar-refractivity contribution in [2.45, 2.75) is 44.7 Å². The zero-order valence-corrected chi connectivity index (χ0v) is 17.3. The largest absolute Gasteiger partial charge is 0.460 e. The van der Waals surface area contributed by atoms with Crippen molar-refractivity contribution < 1.29 is 27.5 Å². The van der Waals surface area contributed by atoms with Gasteiger partial charge in [0.25, 0.3) is 5.91 Å². The van der Waals surface area contributed by atoms with E-state index < -0.39 is 11.7 Å². The summed E-state index contributed by atoms with van der Waals surface area (Å²) < 4.78 is 44.4. The van der Waals surface area contributed by atoms with Crippen molar-refractivity contribution in [3.05, 3.63) is 71.0 Å². The third kappa shape index (κ3) is 5.47. The smallest absolute Gasteiger partial charge is 0.416 e. The quantitative estimate of drug-likeness (QED) is 0.456. The molecule has 0 radical (unpaired) electrons. The number of nitrogens with one attached hydrogen (secondary N) is 1. The number of alkyl halides is 3. The SMILES string of the molecule is CCCCc1oc2ccccc2c1C(=O)NCC(CCO)c1ccc(C(F)(F)F)cc1. The number of aliphatic hydroxyl groups is 1. The molecule has 3 aromatic rings. The van der Waals surface area contributed by atoms with Crippen LogP contribution >= 0.6 is 0 Å². The fourth-order valence-electron chi connectivity index (χ4n) is 3.65. The maximum Gasteiger partial charge on any atom is 0.416 e. The Bertz CT molecular complexity index is 1010. The summed E-state index contributed by atoms with van der Waals surface area (Å²) in [6, 6.07) is 12.2. The number of para-hydroxylation sites is 1. The second-order valence-electron chi connectivity index (χ2n) is 7.54. The zero-order chi connectivity index (χ0) is 22.4. The van der Waals surface area contributed by atoms with Crippen LogP contribution in [0.5, 0.6) is 0 Å². The van der Waals surface area contributed by atoms with E-state index in [0.717, 1.165) is 30.4 Å². The number of furan rings is 1. The van der Waals surface area contributed by atoms with Gasteiger partial charge in [-0.25, -0.2) is 0 Å². The lowest BCUT2D eigenvalue weighted by Crippen LogP contribution is -2.29. The summed E-state index contributed by atoms with van der Waals surface area (Å²) in [5.74, 6) is 0.0354. The number of benzene rings is 2. The van der Waals surface area contributed by atoms with Crippen LogP contribution < -0.4 is 5.32 Å². The molecule has 3 rings (SSSR count). The highest BCUT2D eigenvalue weighted by Gasteiger charge is 2.30. The summed E-state index contributed by atoms with van der Waals surface area (Å²) in [4.78, 5) is 13.0. The molecule has 0 aliphatic carbocycles. The van der Waals surface area contributed by atoms with E-state index in [0.29, 0.717) is 35.3 Å². The number of unbranched alkanes of at least 4 members (excludes halogenated alkanes) is 1. The lowest BCUT2D eigenvalue weighted by molar-refractivity contribution is -0.137. The Morgan fingerprint density at radius 2 is 1.84 bits per heavy atom. The van der Waals surface area contributed by atoms with Crippen LogP contribution in [-0.2, 0) is 12.6 Å². The molecule has 1 unspecified atom stereocenters. The molecule has 0 saturated heterocycles. The first-order valence-corrected chi connectivity index (χ1v) is 10.4. The Balaban J connectivity index is 1.79. The molecule has 0 spiro atoms. The molecule has 2 aromatic carbocycles. The second kappa shape index (κ2) is 10.0. The molecule has 1 amide bonds. The van der Waals surface area contributed by atoms with Crippen LogP contribution in [0.15, 0.2) is 52.9 Å². The number of carbonyl (C=O) groups excluding carboxylic acids is 1. The molecular formula is C24H26F3NO3. The molecule has 0 saturated carbocycles. The van der Waals surface area contributed by atoms with E-state index in [1.807, 2.05) is 24.3 Å². The highest BCUT2D eigenvalue weighted by molar-refractivity contribution is 6.07. The Morgan fingerprint density at radius 3 is 2.48 bits per heavy atom. The average molecular weight is 433 g/mol. The van der Waals surface area contributed by atoms with Gasteiger partial charge in [-0.05, 0) is 36.6 Å². The molecule has 0 aliphatic heterocycles. The number of halogens is 3. The van der Waals surface area contributed by atoms with Gasteiger partial charge in [-0.2, -0.15) is 13.2 Å². The number of hydrogen-bond acceptors (Lipinski definition) is 3. The Labute approximate surface area is 179 Å². The lowest BCUT2D eigenvalue weighted by atomic mass is 9.94. The molecule has 1 atom stereocenters. The van der Waals surface area contributed by atoms with Crippen molar-refractivity contribution in [2.75, 3.05) is 13.2 Å². The first kappa shape index (κ1) is 22.9. The summed E-state index contributed by atoms with van der Waals surface area (Å²) in [6.07, 6.45) is -1.59. The molecule has 1 heterocycles. The normalized spacial score (nSPS) is 12.8. The van der Waals surface area contributed by atoms with Crippen LogP contribution in [0.3, 0.4) is 0 Å². The molecule has 0 bridgehead atoms. The Hall–Kier alpha value is -2.80. The van der Waals surface area contributed by atoms with Gasteiger partial charge in [-0.1, -0.05) is 43.7 Å². The second-order valence-corrected chi connectivity index (χ2v) is 7.54. The number of aliphatic hydroxyl groups excluding tert-OH is 1. The van der Waals surface area contributed by atoms with E-state index in [2.05, 4.69) is 12.2 Å². The average Bonchev–Trinajstić information content (AvgIpc) is 3.13. The number of carbonyl (C=O) groups is 1. The van der Waals surface area contributed by atoms with Crippen molar-refractivity contribution in [3.63, 3.8) is 0 Å². The highest BCUT2D eigenvalue weighted by Crippen LogP contribution is 2.31. The van der Waals surface area contributed by atoms with E-state index in [1.54, 1.807) is 0 Å². The molecule has 166 valence electrons. The van der Waals surface area contributed by atoms with Gasteiger partial charge in [-0.3, -0.25) is 4.79 Å². The van der Waals surface area contributed by atoms with Crippen LogP contribution in [0, 0.1) is 0 Å². The van der Waals surface area contributed by atoms with Gasteiger partial charge in [-0.15, -0.1) is 0 Å². The maximum atomic E-state index is 13.0. The topological polar surface area (TPSA) is 62.5 Å². The highest BCUT2D eigenvalue weighted by atomic mass is 19.4. The molecule has 2 N–H and O–H groups in total. The van der Waals surface area contributed by atoms with Crippen molar-refractivity contribution in [1.82, 2.24) is 5.32 Å². The van der Waals surface area contributed by atoms with Gasteiger partial charge in [0.15, 0.2) is 0 Å².